The van der Waals surface area contributed by atoms with Crippen molar-refractivity contribution in [2.75, 3.05) is 20.2 Å². The Labute approximate surface area is 142 Å². The van der Waals surface area contributed by atoms with Crippen molar-refractivity contribution in [2.24, 2.45) is 5.92 Å². The van der Waals surface area contributed by atoms with Crippen molar-refractivity contribution in [1.82, 2.24) is 9.96 Å². The zero-order valence-corrected chi connectivity index (χ0v) is 14.2. The summed E-state index contributed by atoms with van der Waals surface area (Å²) in [4.78, 5) is 21.1. The van der Waals surface area contributed by atoms with Gasteiger partial charge in [0.1, 0.15) is 0 Å². The number of benzene rings is 1. The van der Waals surface area contributed by atoms with Crippen LogP contribution in [0.5, 0.6) is 0 Å². The maximum atomic E-state index is 13.1. The number of halogens is 1. The van der Waals surface area contributed by atoms with Gasteiger partial charge in [-0.2, -0.15) is 0 Å². The topological polar surface area (TPSA) is 32.8 Å². The van der Waals surface area contributed by atoms with E-state index in [1.165, 1.54) is 12.0 Å². The van der Waals surface area contributed by atoms with E-state index >= 15 is 0 Å². The van der Waals surface area contributed by atoms with Crippen LogP contribution in [-0.2, 0) is 9.63 Å². The van der Waals surface area contributed by atoms with E-state index < -0.39 is 0 Å². The number of carbonyl (C=O) groups is 1. The summed E-state index contributed by atoms with van der Waals surface area (Å²) in [5.74, 6) is 0.412. The summed E-state index contributed by atoms with van der Waals surface area (Å²) < 4.78 is 0. The molecule has 3 saturated heterocycles. The molecule has 23 heavy (non-hydrogen) atoms. The molecule has 3 heterocycles. The van der Waals surface area contributed by atoms with Crippen LogP contribution in [0.2, 0.25) is 5.02 Å². The monoisotopic (exact) mass is 334 g/mol. The van der Waals surface area contributed by atoms with Gasteiger partial charge in [0.25, 0.3) is 5.91 Å². The molecule has 0 N–H and O–H groups in total. The van der Waals surface area contributed by atoms with Crippen molar-refractivity contribution in [2.45, 2.75) is 43.7 Å². The highest BCUT2D eigenvalue weighted by atomic mass is 35.5. The SMILES string of the molecule is CN1[C@H]2CC[C@@H]1[C@@H](C(=O)N1CCCO1)[C@@H](c1ccc(Cl)cc1)C2. The Morgan fingerprint density at radius 1 is 1.26 bits per heavy atom. The third-order valence-electron chi connectivity index (χ3n) is 5.85. The van der Waals surface area contributed by atoms with Crippen LogP contribution >= 0.6 is 11.6 Å². The van der Waals surface area contributed by atoms with E-state index in [1.807, 2.05) is 12.1 Å². The van der Waals surface area contributed by atoms with Crippen molar-refractivity contribution in [3.8, 4) is 0 Å². The third kappa shape index (κ3) is 2.67. The van der Waals surface area contributed by atoms with Crippen LogP contribution in [-0.4, -0.2) is 48.2 Å². The number of fused-ring (bicyclic) bond motifs is 2. The molecule has 0 unspecified atom stereocenters. The van der Waals surface area contributed by atoms with Gasteiger partial charge in [-0.15, -0.1) is 0 Å². The molecule has 0 aliphatic carbocycles. The number of hydrogen-bond acceptors (Lipinski definition) is 3. The largest absolute Gasteiger partial charge is 0.300 e. The molecular weight excluding hydrogens is 312 g/mol. The van der Waals surface area contributed by atoms with Gasteiger partial charge in [-0.1, -0.05) is 23.7 Å². The first-order valence-corrected chi connectivity index (χ1v) is 8.94. The highest BCUT2D eigenvalue weighted by Gasteiger charge is 2.50. The molecule has 4 nitrogen and oxygen atoms in total. The fraction of sp³-hybridized carbons (Fsp3) is 0.611. The predicted octanol–water partition coefficient (Wildman–Crippen LogP) is 3.07. The summed E-state index contributed by atoms with van der Waals surface area (Å²) in [6.07, 6.45) is 4.28. The molecule has 0 saturated carbocycles. The maximum absolute atomic E-state index is 13.1. The molecule has 0 radical (unpaired) electrons. The summed E-state index contributed by atoms with van der Waals surface area (Å²) in [6, 6.07) is 8.96. The maximum Gasteiger partial charge on any atom is 0.251 e. The van der Waals surface area contributed by atoms with Gasteiger partial charge in [-0.25, -0.2) is 5.06 Å². The van der Waals surface area contributed by atoms with Crippen LogP contribution in [0.25, 0.3) is 0 Å². The van der Waals surface area contributed by atoms with Crippen molar-refractivity contribution in [1.29, 1.82) is 0 Å². The summed E-state index contributed by atoms with van der Waals surface area (Å²) >= 11 is 6.04. The van der Waals surface area contributed by atoms with Crippen molar-refractivity contribution < 1.29 is 9.63 Å². The standard InChI is InChI=1S/C18H23ClN2O2/c1-20-14-7-8-16(20)17(18(22)21-9-2-10-23-21)15(11-14)12-3-5-13(19)6-4-12/h3-6,14-17H,2,7-11H2,1H3/t14-,15+,16+,17-/m0/s1. The Hall–Kier alpha value is -1.10. The number of amides is 1. The molecule has 3 fully saturated rings. The molecule has 2 bridgehead atoms. The van der Waals surface area contributed by atoms with Crippen LogP contribution in [0, 0.1) is 5.92 Å². The van der Waals surface area contributed by atoms with E-state index in [0.29, 0.717) is 18.7 Å². The fourth-order valence-corrected chi connectivity index (χ4v) is 4.77. The normalized spacial score (nSPS) is 34.1. The lowest BCUT2D eigenvalue weighted by Gasteiger charge is -2.43. The zero-order valence-electron chi connectivity index (χ0n) is 13.5. The average Bonchev–Trinajstić information content (AvgIpc) is 3.15. The zero-order chi connectivity index (χ0) is 16.0. The Balaban J connectivity index is 1.67. The number of hydrogen-bond donors (Lipinski definition) is 0. The minimum Gasteiger partial charge on any atom is -0.300 e. The molecule has 1 aromatic carbocycles. The van der Waals surface area contributed by atoms with Crippen molar-refractivity contribution >= 4 is 17.5 Å². The first kappa shape index (κ1) is 15.4. The van der Waals surface area contributed by atoms with Gasteiger partial charge >= 0.3 is 0 Å². The molecule has 0 spiro atoms. The first-order valence-electron chi connectivity index (χ1n) is 8.57. The molecule has 5 heteroatoms. The van der Waals surface area contributed by atoms with Crippen LogP contribution in [0.15, 0.2) is 24.3 Å². The van der Waals surface area contributed by atoms with Gasteiger partial charge in [-0.3, -0.25) is 14.5 Å². The second-order valence-corrected chi connectivity index (χ2v) is 7.45. The molecule has 3 aliphatic rings. The highest BCUT2D eigenvalue weighted by Crippen LogP contribution is 2.47. The first-order chi connectivity index (χ1) is 11.1. The van der Waals surface area contributed by atoms with Crippen LogP contribution in [0.4, 0.5) is 0 Å². The molecule has 124 valence electrons. The van der Waals surface area contributed by atoms with Crippen LogP contribution in [0.3, 0.4) is 0 Å². The Kier molecular flexibility index (Phi) is 4.08. The van der Waals surface area contributed by atoms with Gasteiger partial charge in [0, 0.05) is 17.1 Å². The Bertz CT molecular complexity index is 585. The minimum atomic E-state index is -0.0157. The smallest absolute Gasteiger partial charge is 0.251 e. The number of hydroxylamine groups is 2. The summed E-state index contributed by atoms with van der Waals surface area (Å²) in [7, 11) is 2.17. The fourth-order valence-electron chi connectivity index (χ4n) is 4.64. The van der Waals surface area contributed by atoms with E-state index in [1.54, 1.807) is 5.06 Å². The van der Waals surface area contributed by atoms with Crippen LogP contribution < -0.4 is 0 Å². The lowest BCUT2D eigenvalue weighted by atomic mass is 9.75. The summed E-state index contributed by atoms with van der Waals surface area (Å²) in [6.45, 7) is 1.38. The molecule has 1 amide bonds. The molecular formula is C18H23ClN2O2. The lowest BCUT2D eigenvalue weighted by molar-refractivity contribution is -0.177. The van der Waals surface area contributed by atoms with Gasteiger partial charge in [0.2, 0.25) is 0 Å². The Morgan fingerprint density at radius 3 is 2.74 bits per heavy atom. The second-order valence-electron chi connectivity index (χ2n) is 7.01. The summed E-state index contributed by atoms with van der Waals surface area (Å²) in [5.41, 5.74) is 1.23. The van der Waals surface area contributed by atoms with Gasteiger partial charge in [0.05, 0.1) is 19.1 Å². The summed E-state index contributed by atoms with van der Waals surface area (Å²) in [5, 5.41) is 2.36. The third-order valence-corrected chi connectivity index (χ3v) is 6.10. The highest BCUT2D eigenvalue weighted by molar-refractivity contribution is 6.30. The van der Waals surface area contributed by atoms with Gasteiger partial charge < -0.3 is 0 Å². The van der Waals surface area contributed by atoms with Gasteiger partial charge in [0.15, 0.2) is 0 Å². The van der Waals surface area contributed by atoms with Crippen molar-refractivity contribution in [3.05, 3.63) is 34.9 Å². The van der Waals surface area contributed by atoms with E-state index in [4.69, 9.17) is 16.4 Å². The van der Waals surface area contributed by atoms with E-state index in [2.05, 4.69) is 24.1 Å². The molecule has 4 rings (SSSR count). The average molecular weight is 335 g/mol. The second kappa shape index (κ2) is 6.08. The lowest BCUT2D eigenvalue weighted by Crippen LogP contribution is -2.51. The quantitative estimate of drug-likeness (QED) is 0.833. The van der Waals surface area contributed by atoms with Crippen molar-refractivity contribution in [3.63, 3.8) is 0 Å². The number of rotatable bonds is 2. The molecule has 3 aliphatic heterocycles. The molecule has 1 aromatic rings. The van der Waals surface area contributed by atoms with Gasteiger partial charge in [-0.05, 0) is 56.3 Å². The minimum absolute atomic E-state index is 0.0157. The Morgan fingerprint density at radius 2 is 2.04 bits per heavy atom. The van der Waals surface area contributed by atoms with E-state index in [0.717, 1.165) is 30.8 Å². The number of piperidine rings is 1. The number of carbonyl (C=O) groups excluding carboxylic acids is 1. The molecule has 4 atom stereocenters. The predicted molar refractivity (Wildman–Crippen MR) is 89.2 cm³/mol. The number of nitrogens with zero attached hydrogens (tertiary/aromatic N) is 2. The molecule has 0 aromatic heterocycles. The van der Waals surface area contributed by atoms with Crippen LogP contribution in [0.1, 0.15) is 37.2 Å². The van der Waals surface area contributed by atoms with E-state index in [9.17, 15) is 4.79 Å². The van der Waals surface area contributed by atoms with E-state index in [-0.39, 0.29) is 17.7 Å².